The molecule has 0 saturated carbocycles. The zero-order chi connectivity index (χ0) is 21.0. The molecule has 5 nitrogen and oxygen atoms in total. The zero-order valence-electron chi connectivity index (χ0n) is 15.4. The van der Waals surface area contributed by atoms with E-state index in [0.29, 0.717) is 17.1 Å². The monoisotopic (exact) mass is 534 g/mol. The number of halogens is 2. The summed E-state index contributed by atoms with van der Waals surface area (Å²) in [7, 11) is 0. The van der Waals surface area contributed by atoms with E-state index in [0.717, 1.165) is 14.5 Å². The Morgan fingerprint density at radius 3 is 2.55 bits per heavy atom. The van der Waals surface area contributed by atoms with E-state index in [2.05, 4.69) is 31.9 Å². The highest BCUT2D eigenvalue weighted by molar-refractivity contribution is 9.10. The number of carbonyl (C=O) groups excluding carboxylic acids is 2. The van der Waals surface area contributed by atoms with Crippen molar-refractivity contribution >= 4 is 61.2 Å². The van der Waals surface area contributed by atoms with E-state index in [1.165, 1.54) is 16.7 Å². The van der Waals surface area contributed by atoms with Crippen molar-refractivity contribution in [3.05, 3.63) is 73.6 Å². The molecule has 0 unspecified atom stereocenters. The Kier molecular flexibility index (Phi) is 7.17. The maximum atomic E-state index is 13.3. The molecule has 0 radical (unpaired) electrons. The molecule has 8 heteroatoms. The van der Waals surface area contributed by atoms with Crippen LogP contribution in [0, 0.1) is 11.3 Å². The molecular formula is C21H16Br2N2O3S. The number of esters is 1. The predicted molar refractivity (Wildman–Crippen MR) is 120 cm³/mol. The van der Waals surface area contributed by atoms with E-state index < -0.39 is 11.2 Å². The van der Waals surface area contributed by atoms with E-state index in [9.17, 15) is 14.9 Å². The Bertz CT molecular complexity index is 1020. The number of nitrogens with zero attached hydrogens (tertiary/aromatic N) is 2. The predicted octanol–water partition coefficient (Wildman–Crippen LogP) is 5.20. The summed E-state index contributed by atoms with van der Waals surface area (Å²) in [6.07, 6.45) is 0.473. The molecule has 1 atom stereocenters. The topological polar surface area (TPSA) is 70.4 Å². The number of anilines is 1. The van der Waals surface area contributed by atoms with Gasteiger partial charge >= 0.3 is 5.97 Å². The summed E-state index contributed by atoms with van der Waals surface area (Å²) in [4.78, 5) is 27.1. The molecule has 2 aromatic carbocycles. The van der Waals surface area contributed by atoms with Crippen LogP contribution in [0.25, 0.3) is 0 Å². The first-order valence-electron chi connectivity index (χ1n) is 8.76. The molecule has 1 fully saturated rings. The average Bonchev–Trinajstić information content (AvgIpc) is 2.99. The lowest BCUT2D eigenvalue weighted by atomic mass is 10.1. The highest BCUT2D eigenvalue weighted by atomic mass is 79.9. The summed E-state index contributed by atoms with van der Waals surface area (Å²) in [5, 5.41) is 9.46. The van der Waals surface area contributed by atoms with Gasteiger partial charge in [-0.05, 0) is 55.3 Å². The van der Waals surface area contributed by atoms with Crippen LogP contribution in [-0.4, -0.2) is 23.7 Å². The van der Waals surface area contributed by atoms with Gasteiger partial charge in [-0.25, -0.2) is 4.79 Å². The summed E-state index contributed by atoms with van der Waals surface area (Å²) in [6, 6.07) is 16.8. The smallest absolute Gasteiger partial charge is 0.351 e. The van der Waals surface area contributed by atoms with Gasteiger partial charge in [-0.15, -0.1) is 0 Å². The quantitative estimate of drug-likeness (QED) is 0.299. The number of thioether (sulfide) groups is 1. The standard InChI is InChI=1S/C21H16Br2N2O3S/c1-2-28-21(27)17(12-24)20-25(16-8-6-14(22)7-9-16)19(26)18(29-20)11-13-4-3-5-15(23)10-13/h3-10,18H,2,11H2,1H3/b20-17-/t18-/m1/s1. The lowest BCUT2D eigenvalue weighted by Crippen LogP contribution is -2.30. The van der Waals surface area contributed by atoms with Crippen molar-refractivity contribution in [2.75, 3.05) is 11.5 Å². The first-order chi connectivity index (χ1) is 13.9. The fraction of sp³-hybridized carbons (Fsp3) is 0.190. The van der Waals surface area contributed by atoms with Crippen LogP contribution in [-0.2, 0) is 20.7 Å². The van der Waals surface area contributed by atoms with Crippen LogP contribution in [0.4, 0.5) is 5.69 Å². The van der Waals surface area contributed by atoms with Gasteiger partial charge in [0.05, 0.1) is 11.9 Å². The Morgan fingerprint density at radius 2 is 1.93 bits per heavy atom. The molecule has 0 aromatic heterocycles. The van der Waals surface area contributed by atoms with Crippen molar-refractivity contribution in [2.45, 2.75) is 18.6 Å². The average molecular weight is 536 g/mol. The molecular weight excluding hydrogens is 520 g/mol. The van der Waals surface area contributed by atoms with Gasteiger partial charge in [0.2, 0.25) is 5.91 Å². The first kappa shape index (κ1) is 21.6. The molecule has 0 bridgehead atoms. The van der Waals surface area contributed by atoms with Gasteiger partial charge in [0.25, 0.3) is 0 Å². The van der Waals surface area contributed by atoms with Crippen LogP contribution < -0.4 is 4.90 Å². The van der Waals surface area contributed by atoms with Crippen LogP contribution >= 0.6 is 43.6 Å². The van der Waals surface area contributed by atoms with Gasteiger partial charge in [0, 0.05) is 14.6 Å². The van der Waals surface area contributed by atoms with Crippen LogP contribution in [0.2, 0.25) is 0 Å². The molecule has 0 N–H and O–H groups in total. The molecule has 1 amide bonds. The van der Waals surface area contributed by atoms with Gasteiger partial charge in [-0.1, -0.05) is 55.8 Å². The Balaban J connectivity index is 2.03. The molecule has 0 aliphatic carbocycles. The van der Waals surface area contributed by atoms with E-state index in [4.69, 9.17) is 4.74 Å². The molecule has 148 valence electrons. The lowest BCUT2D eigenvalue weighted by molar-refractivity contribution is -0.138. The number of amides is 1. The lowest BCUT2D eigenvalue weighted by Gasteiger charge is -2.18. The van der Waals surface area contributed by atoms with Crippen LogP contribution in [0.1, 0.15) is 12.5 Å². The molecule has 1 aliphatic heterocycles. The minimum atomic E-state index is -0.726. The van der Waals surface area contributed by atoms with Crippen molar-refractivity contribution in [1.29, 1.82) is 5.26 Å². The fourth-order valence-electron chi connectivity index (χ4n) is 2.88. The van der Waals surface area contributed by atoms with Crippen LogP contribution in [0.5, 0.6) is 0 Å². The maximum Gasteiger partial charge on any atom is 0.351 e. The SMILES string of the molecule is CCOC(=O)/C(C#N)=C1\S[C@H](Cc2cccc(Br)c2)C(=O)N1c1ccc(Br)cc1. The summed E-state index contributed by atoms with van der Waals surface area (Å²) < 4.78 is 6.82. The van der Waals surface area contributed by atoms with Gasteiger partial charge in [0.15, 0.2) is 5.57 Å². The number of carbonyl (C=O) groups is 2. The summed E-state index contributed by atoms with van der Waals surface area (Å²) in [5.74, 6) is -0.903. The normalized spacial score (nSPS) is 17.8. The molecule has 3 rings (SSSR count). The molecule has 0 spiro atoms. The minimum Gasteiger partial charge on any atom is -0.462 e. The number of ether oxygens (including phenoxy) is 1. The summed E-state index contributed by atoms with van der Waals surface area (Å²) in [5.41, 5.74) is 1.41. The third kappa shape index (κ3) is 4.92. The first-order valence-corrected chi connectivity index (χ1v) is 11.2. The van der Waals surface area contributed by atoms with E-state index in [-0.39, 0.29) is 18.1 Å². The van der Waals surface area contributed by atoms with E-state index >= 15 is 0 Å². The Morgan fingerprint density at radius 1 is 1.21 bits per heavy atom. The molecule has 1 aliphatic rings. The Labute approximate surface area is 190 Å². The van der Waals surface area contributed by atoms with Gasteiger partial charge < -0.3 is 4.74 Å². The molecule has 1 saturated heterocycles. The summed E-state index contributed by atoms with van der Waals surface area (Å²) >= 11 is 8.05. The van der Waals surface area contributed by atoms with Crippen molar-refractivity contribution in [2.24, 2.45) is 0 Å². The molecule has 2 aromatic rings. The van der Waals surface area contributed by atoms with Crippen molar-refractivity contribution in [3.63, 3.8) is 0 Å². The molecule has 1 heterocycles. The highest BCUT2D eigenvalue weighted by Gasteiger charge is 2.41. The van der Waals surface area contributed by atoms with Gasteiger partial charge in [-0.2, -0.15) is 5.26 Å². The maximum absolute atomic E-state index is 13.3. The third-order valence-corrected chi connectivity index (χ3v) is 6.44. The Hall–Kier alpha value is -2.08. The largest absolute Gasteiger partial charge is 0.462 e. The van der Waals surface area contributed by atoms with E-state index in [1.54, 1.807) is 19.1 Å². The van der Waals surface area contributed by atoms with Crippen LogP contribution in [0.15, 0.2) is 68.1 Å². The van der Waals surface area contributed by atoms with E-state index in [1.807, 2.05) is 42.5 Å². The van der Waals surface area contributed by atoms with Crippen molar-refractivity contribution in [3.8, 4) is 6.07 Å². The number of benzene rings is 2. The zero-order valence-corrected chi connectivity index (χ0v) is 19.4. The second-order valence-electron chi connectivity index (χ2n) is 6.10. The van der Waals surface area contributed by atoms with Crippen molar-refractivity contribution < 1.29 is 14.3 Å². The summed E-state index contributed by atoms with van der Waals surface area (Å²) in [6.45, 7) is 1.82. The second-order valence-corrected chi connectivity index (χ2v) is 9.13. The number of rotatable bonds is 5. The molecule has 29 heavy (non-hydrogen) atoms. The third-order valence-electron chi connectivity index (χ3n) is 4.15. The number of hydrogen-bond acceptors (Lipinski definition) is 5. The second kappa shape index (κ2) is 9.61. The van der Waals surface area contributed by atoms with Gasteiger partial charge in [-0.3, -0.25) is 9.69 Å². The fourth-order valence-corrected chi connectivity index (χ4v) is 4.89. The van der Waals surface area contributed by atoms with Crippen molar-refractivity contribution in [1.82, 2.24) is 0 Å². The number of nitriles is 1. The van der Waals surface area contributed by atoms with Crippen LogP contribution in [0.3, 0.4) is 0 Å². The van der Waals surface area contributed by atoms with Gasteiger partial charge in [0.1, 0.15) is 11.1 Å². The highest BCUT2D eigenvalue weighted by Crippen LogP contribution is 2.42. The number of hydrogen-bond donors (Lipinski definition) is 0. The minimum absolute atomic E-state index is 0.148.